The Morgan fingerprint density at radius 2 is 0.556 bits per heavy atom. The number of rotatable bonds is 5. The first-order chi connectivity index (χ1) is 35.8. The lowest BCUT2D eigenvalue weighted by molar-refractivity contribution is 1.16. The topological polar surface area (TPSA) is 21.3 Å². The summed E-state index contributed by atoms with van der Waals surface area (Å²) < 4.78 is 7.67. The van der Waals surface area contributed by atoms with Gasteiger partial charge in [-0.3, -0.25) is 0 Å². The summed E-state index contributed by atoms with van der Waals surface area (Å²) in [6.07, 6.45) is 0. The van der Waals surface area contributed by atoms with Gasteiger partial charge in [-0.1, -0.05) is 164 Å². The van der Waals surface area contributed by atoms with Crippen molar-refractivity contribution in [3.05, 3.63) is 255 Å². The summed E-state index contributed by atoms with van der Waals surface area (Å²) in [5.41, 5.74) is 21.3. The molecule has 5 nitrogen and oxygen atoms in total. The molecule has 0 N–H and O–H groups in total. The first kappa shape index (κ1) is 39.3. The third kappa shape index (κ3) is 5.27. The van der Waals surface area contributed by atoms with Crippen LogP contribution in [0, 0.1) is 0 Å². The van der Waals surface area contributed by atoms with Gasteiger partial charge in [0.05, 0.1) is 38.8 Å². The average molecular weight is 916 g/mol. The molecule has 5 heterocycles. The van der Waals surface area contributed by atoms with Crippen molar-refractivity contribution in [3.63, 3.8) is 0 Å². The molecule has 0 unspecified atom stereocenters. The molecule has 3 aromatic heterocycles. The zero-order chi connectivity index (χ0) is 47.0. The maximum absolute atomic E-state index is 2.61. The summed E-state index contributed by atoms with van der Waals surface area (Å²) in [5, 5.41) is 7.33. The molecule has 14 aromatic rings. The Morgan fingerprint density at radius 3 is 0.944 bits per heavy atom. The minimum Gasteiger partial charge on any atom is -0.311 e. The van der Waals surface area contributed by atoms with Crippen LogP contribution in [0.25, 0.3) is 82.5 Å². The third-order valence-electron chi connectivity index (χ3n) is 15.5. The fourth-order valence-electron chi connectivity index (χ4n) is 12.8. The molecule has 0 saturated carbocycles. The number of benzene rings is 11. The fourth-order valence-corrected chi connectivity index (χ4v) is 12.8. The van der Waals surface area contributed by atoms with E-state index in [0.29, 0.717) is 0 Å². The van der Waals surface area contributed by atoms with Crippen LogP contribution in [0.3, 0.4) is 0 Å². The van der Waals surface area contributed by atoms with E-state index in [1.165, 1.54) is 99.0 Å². The predicted molar refractivity (Wildman–Crippen MR) is 303 cm³/mol. The van der Waals surface area contributed by atoms with E-state index in [2.05, 4.69) is 278 Å². The highest BCUT2D eigenvalue weighted by Gasteiger charge is 2.44. The second-order valence-corrected chi connectivity index (χ2v) is 19.2. The second kappa shape index (κ2) is 15.0. The summed E-state index contributed by atoms with van der Waals surface area (Å²) in [7, 11) is 0. The zero-order valence-electron chi connectivity index (χ0n) is 39.1. The molecule has 16 rings (SSSR count). The molecule has 334 valence electrons. The van der Waals surface area contributed by atoms with Crippen LogP contribution >= 0.6 is 0 Å². The van der Waals surface area contributed by atoms with Gasteiger partial charge < -0.3 is 23.5 Å². The highest BCUT2D eigenvalue weighted by atomic mass is 15.2. The number of hydrogen-bond donors (Lipinski definition) is 0. The smallest absolute Gasteiger partial charge is 0.252 e. The monoisotopic (exact) mass is 915 g/mol. The van der Waals surface area contributed by atoms with Crippen LogP contribution in [-0.2, 0) is 0 Å². The van der Waals surface area contributed by atoms with Gasteiger partial charge in [0.25, 0.3) is 6.71 Å². The number of nitrogens with zero attached hydrogens (tertiary/aromatic N) is 5. The molecular weight excluding hydrogens is 874 g/mol. The molecule has 0 bridgehead atoms. The van der Waals surface area contributed by atoms with Crippen molar-refractivity contribution in [2.45, 2.75) is 0 Å². The minimum atomic E-state index is 0.00582. The molecule has 0 fully saturated rings. The Morgan fingerprint density at radius 1 is 0.250 bits per heavy atom. The molecule has 11 aromatic carbocycles. The standard InChI is InChI=1S/C66H42BN5/c1-5-23-43(24-6-1)68-56-39-21-16-34-51(56)67-52-35-17-22-40-57(52)69(44-25-7-2-8-26-44)59-42-47(41-58(68)63(59)67)72-55-38-20-15-33-50(55)62-65-60(48-31-13-18-36-53(48)70(65)45-27-9-3-10-28-45)64-61(66(62)72)49-32-14-19-37-54(49)71(64)46-29-11-4-12-30-46/h1-42H. The first-order valence-corrected chi connectivity index (χ1v) is 24.9. The van der Waals surface area contributed by atoms with Crippen LogP contribution in [0.5, 0.6) is 0 Å². The van der Waals surface area contributed by atoms with Crippen molar-refractivity contribution < 1.29 is 0 Å². The predicted octanol–water partition coefficient (Wildman–Crippen LogP) is 15.1. The van der Waals surface area contributed by atoms with E-state index in [-0.39, 0.29) is 6.71 Å². The highest BCUT2D eigenvalue weighted by Crippen LogP contribution is 2.52. The van der Waals surface area contributed by atoms with Gasteiger partial charge in [0.15, 0.2) is 0 Å². The van der Waals surface area contributed by atoms with E-state index < -0.39 is 0 Å². The normalized spacial score (nSPS) is 12.9. The van der Waals surface area contributed by atoms with Crippen LogP contribution in [0.15, 0.2) is 255 Å². The molecule has 2 aliphatic rings. The van der Waals surface area contributed by atoms with E-state index in [4.69, 9.17) is 0 Å². The minimum absolute atomic E-state index is 0.00582. The summed E-state index contributed by atoms with van der Waals surface area (Å²) in [6, 6.07) is 94.0. The van der Waals surface area contributed by atoms with E-state index in [9.17, 15) is 0 Å². The van der Waals surface area contributed by atoms with Crippen LogP contribution < -0.4 is 26.2 Å². The van der Waals surface area contributed by atoms with Crippen molar-refractivity contribution in [3.8, 4) is 17.1 Å². The van der Waals surface area contributed by atoms with E-state index in [0.717, 1.165) is 34.0 Å². The van der Waals surface area contributed by atoms with Crippen molar-refractivity contribution in [2.75, 3.05) is 9.80 Å². The van der Waals surface area contributed by atoms with Gasteiger partial charge >= 0.3 is 0 Å². The van der Waals surface area contributed by atoms with Crippen LogP contribution in [0.4, 0.5) is 34.1 Å². The lowest BCUT2D eigenvalue weighted by atomic mass is 9.33. The van der Waals surface area contributed by atoms with E-state index in [1.807, 2.05) is 0 Å². The number of hydrogen-bond acceptors (Lipinski definition) is 2. The quantitative estimate of drug-likeness (QED) is 0.160. The Kier molecular flexibility index (Phi) is 8.19. The zero-order valence-corrected chi connectivity index (χ0v) is 39.1. The van der Waals surface area contributed by atoms with Crippen molar-refractivity contribution in [2.24, 2.45) is 0 Å². The lowest BCUT2D eigenvalue weighted by Crippen LogP contribution is -2.61. The van der Waals surface area contributed by atoms with Gasteiger partial charge in [0, 0.05) is 77.8 Å². The van der Waals surface area contributed by atoms with Crippen molar-refractivity contribution >= 4 is 123 Å². The van der Waals surface area contributed by atoms with E-state index >= 15 is 0 Å². The SMILES string of the molecule is c1ccc(N2c3ccccc3B3c4ccccc4N(c4ccccc4)c4cc(-n5c6ccccc6c6c7c(c8ccccc8n7-c7ccccc7)c7c(c8ccccc8n7-c7ccccc7)c65)cc2c43)cc1. The maximum atomic E-state index is 2.61. The maximum Gasteiger partial charge on any atom is 0.252 e. The summed E-state index contributed by atoms with van der Waals surface area (Å²) in [4.78, 5) is 5.03. The molecule has 0 amide bonds. The van der Waals surface area contributed by atoms with Crippen LogP contribution in [-0.4, -0.2) is 20.4 Å². The molecule has 2 aliphatic heterocycles. The fraction of sp³-hybridized carbons (Fsp3) is 0. The Hall–Kier alpha value is -9.52. The molecule has 0 saturated heterocycles. The lowest BCUT2D eigenvalue weighted by Gasteiger charge is -2.44. The number of anilines is 6. The summed E-state index contributed by atoms with van der Waals surface area (Å²) in [5.74, 6) is 0. The number of aromatic nitrogens is 3. The Balaban J connectivity index is 1.15. The van der Waals surface area contributed by atoms with Gasteiger partial charge in [-0.15, -0.1) is 0 Å². The Bertz CT molecular complexity index is 4330. The molecule has 0 aliphatic carbocycles. The summed E-state index contributed by atoms with van der Waals surface area (Å²) in [6.45, 7) is 0.00582. The average Bonchev–Trinajstić information content (AvgIpc) is 4.10. The van der Waals surface area contributed by atoms with Gasteiger partial charge in [-0.2, -0.15) is 0 Å². The van der Waals surface area contributed by atoms with Crippen molar-refractivity contribution in [1.29, 1.82) is 0 Å². The molecule has 0 atom stereocenters. The van der Waals surface area contributed by atoms with Crippen LogP contribution in [0.1, 0.15) is 0 Å². The third-order valence-corrected chi connectivity index (χ3v) is 15.5. The molecule has 6 heteroatoms. The number of para-hydroxylation sites is 9. The largest absolute Gasteiger partial charge is 0.311 e. The highest BCUT2D eigenvalue weighted by molar-refractivity contribution is 7.00. The first-order valence-electron chi connectivity index (χ1n) is 24.9. The van der Waals surface area contributed by atoms with E-state index in [1.54, 1.807) is 0 Å². The van der Waals surface area contributed by atoms with Gasteiger partial charge in [-0.05, 0) is 107 Å². The van der Waals surface area contributed by atoms with Crippen LogP contribution in [0.2, 0.25) is 0 Å². The van der Waals surface area contributed by atoms with Crippen molar-refractivity contribution in [1.82, 2.24) is 13.7 Å². The molecular formula is C66H42BN5. The number of fused-ring (bicyclic) bond motifs is 16. The second-order valence-electron chi connectivity index (χ2n) is 19.2. The van der Waals surface area contributed by atoms with Gasteiger partial charge in [0.2, 0.25) is 0 Å². The summed E-state index contributed by atoms with van der Waals surface area (Å²) >= 11 is 0. The van der Waals surface area contributed by atoms with Gasteiger partial charge in [-0.25, -0.2) is 0 Å². The Labute approximate surface area is 416 Å². The molecule has 72 heavy (non-hydrogen) atoms. The molecule has 0 radical (unpaired) electrons. The van der Waals surface area contributed by atoms with Gasteiger partial charge in [0.1, 0.15) is 0 Å². The molecule has 0 spiro atoms.